The van der Waals surface area contributed by atoms with Gasteiger partial charge >= 0.3 is 0 Å². The van der Waals surface area contributed by atoms with Crippen LogP contribution in [0.1, 0.15) is 76.3 Å². The van der Waals surface area contributed by atoms with Crippen molar-refractivity contribution in [1.82, 2.24) is 15.6 Å². The lowest BCUT2D eigenvalue weighted by molar-refractivity contribution is -0.126. The summed E-state index contributed by atoms with van der Waals surface area (Å²) < 4.78 is 21.9. The van der Waals surface area contributed by atoms with Gasteiger partial charge < -0.3 is 20.5 Å². The van der Waals surface area contributed by atoms with Crippen LogP contribution in [0.15, 0.2) is 30.5 Å². The van der Waals surface area contributed by atoms with Gasteiger partial charge in [0.2, 0.25) is 11.8 Å². The number of carbonyl (C=O) groups excluding carboxylic acids is 2. The van der Waals surface area contributed by atoms with E-state index in [-0.39, 0.29) is 51.7 Å². The third kappa shape index (κ3) is 4.63. The second-order valence-electron chi connectivity index (χ2n) is 13.2. The summed E-state index contributed by atoms with van der Waals surface area (Å²) in [5, 5.41) is 19.9. The SMILES string of the molecule is C[C@@H](O)[C@@H]1CCC(NC(=O)[C@@H]2NC3(CCC(C)(C)CC3)C3(C(=O)Nc4cc(Cl)ncc43)[C@H]2c2cccc(Cl)c2F)CO1. The van der Waals surface area contributed by atoms with Crippen molar-refractivity contribution in [3.8, 4) is 0 Å². The molecule has 1 aromatic carbocycles. The van der Waals surface area contributed by atoms with Crippen LogP contribution in [-0.2, 0) is 19.7 Å². The van der Waals surface area contributed by atoms with Gasteiger partial charge in [0.15, 0.2) is 0 Å². The quantitative estimate of drug-likeness (QED) is 0.364. The number of nitrogens with one attached hydrogen (secondary N) is 3. The fraction of sp³-hybridized carbons (Fsp3) is 0.581. The van der Waals surface area contributed by atoms with Crippen molar-refractivity contribution in [2.45, 2.75) is 100 Å². The van der Waals surface area contributed by atoms with E-state index in [0.717, 1.165) is 12.8 Å². The van der Waals surface area contributed by atoms with Crippen molar-refractivity contribution in [3.63, 3.8) is 0 Å². The fourth-order valence-electron chi connectivity index (χ4n) is 7.86. The summed E-state index contributed by atoms with van der Waals surface area (Å²) in [6.07, 6.45) is 4.74. The molecule has 4 aliphatic rings. The van der Waals surface area contributed by atoms with Gasteiger partial charge in [0.25, 0.3) is 0 Å². The zero-order chi connectivity index (χ0) is 30.0. The molecule has 1 aliphatic carbocycles. The van der Waals surface area contributed by atoms with Crippen molar-refractivity contribution in [2.24, 2.45) is 5.41 Å². The third-order valence-electron chi connectivity index (χ3n) is 10.1. The minimum Gasteiger partial charge on any atom is -0.391 e. The highest BCUT2D eigenvalue weighted by molar-refractivity contribution is 6.31. The molecule has 2 saturated heterocycles. The Bertz CT molecular complexity index is 1400. The van der Waals surface area contributed by atoms with E-state index in [1.165, 1.54) is 6.07 Å². The zero-order valence-electron chi connectivity index (χ0n) is 24.0. The van der Waals surface area contributed by atoms with Crippen LogP contribution < -0.4 is 16.0 Å². The van der Waals surface area contributed by atoms with Gasteiger partial charge in [-0.25, -0.2) is 9.37 Å². The molecule has 2 unspecified atom stereocenters. The number of hydrogen-bond donors (Lipinski definition) is 4. The Morgan fingerprint density at radius 2 is 1.95 bits per heavy atom. The average molecular weight is 620 g/mol. The number of pyridine rings is 1. The molecule has 2 amide bonds. The number of ether oxygens (including phenoxy) is 1. The first-order chi connectivity index (χ1) is 19.9. The van der Waals surface area contributed by atoms with Crippen LogP contribution in [-0.4, -0.2) is 58.3 Å². The molecule has 8 nitrogen and oxygen atoms in total. The Hall–Kier alpha value is -2.30. The van der Waals surface area contributed by atoms with Crippen LogP contribution in [0.2, 0.25) is 10.2 Å². The van der Waals surface area contributed by atoms with Crippen molar-refractivity contribution < 1.29 is 23.8 Å². The lowest BCUT2D eigenvalue weighted by atomic mass is 9.53. The van der Waals surface area contributed by atoms with Gasteiger partial charge in [-0.2, -0.15) is 0 Å². The summed E-state index contributed by atoms with van der Waals surface area (Å²) in [6, 6.07) is 5.10. The van der Waals surface area contributed by atoms with Crippen molar-refractivity contribution in [3.05, 3.63) is 57.6 Å². The molecule has 4 N–H and O–H groups in total. The van der Waals surface area contributed by atoms with E-state index in [1.807, 2.05) is 0 Å². The summed E-state index contributed by atoms with van der Waals surface area (Å²) in [5.74, 6) is -2.24. The van der Waals surface area contributed by atoms with E-state index >= 15 is 4.39 Å². The Balaban J connectivity index is 1.49. The van der Waals surface area contributed by atoms with E-state index in [9.17, 15) is 14.7 Å². The van der Waals surface area contributed by atoms with Gasteiger partial charge in [-0.1, -0.05) is 49.2 Å². The predicted molar refractivity (Wildman–Crippen MR) is 158 cm³/mol. The number of hydrogen-bond acceptors (Lipinski definition) is 6. The van der Waals surface area contributed by atoms with Gasteiger partial charge in [0, 0.05) is 28.9 Å². The number of aromatic nitrogens is 1. The van der Waals surface area contributed by atoms with Crippen molar-refractivity contribution in [2.75, 3.05) is 11.9 Å². The van der Waals surface area contributed by atoms with Gasteiger partial charge in [0.05, 0.1) is 35.9 Å². The van der Waals surface area contributed by atoms with E-state index in [2.05, 4.69) is 34.8 Å². The number of rotatable bonds is 4. The second-order valence-corrected chi connectivity index (χ2v) is 14.0. The number of fused-ring (bicyclic) bond motifs is 3. The number of anilines is 1. The van der Waals surface area contributed by atoms with Gasteiger partial charge in [-0.05, 0) is 68.6 Å². The van der Waals surface area contributed by atoms with Gasteiger partial charge in [-0.3, -0.25) is 14.9 Å². The molecule has 1 saturated carbocycles. The van der Waals surface area contributed by atoms with E-state index in [1.54, 1.807) is 31.3 Å². The number of amides is 2. The molecule has 2 spiro atoms. The molecule has 3 fully saturated rings. The van der Waals surface area contributed by atoms with Crippen molar-refractivity contribution in [1.29, 1.82) is 0 Å². The Morgan fingerprint density at radius 1 is 1.21 bits per heavy atom. The molecule has 0 bridgehead atoms. The summed E-state index contributed by atoms with van der Waals surface area (Å²) in [7, 11) is 0. The van der Waals surface area contributed by atoms with Gasteiger partial charge in [-0.15, -0.1) is 0 Å². The molecule has 11 heteroatoms. The van der Waals surface area contributed by atoms with E-state index in [0.29, 0.717) is 36.9 Å². The number of nitrogens with zero attached hydrogens (tertiary/aromatic N) is 1. The summed E-state index contributed by atoms with van der Waals surface area (Å²) in [5.41, 5.74) is -0.862. The normalized spacial score (nSPS) is 32.0. The van der Waals surface area contributed by atoms with Crippen LogP contribution >= 0.6 is 23.2 Å². The predicted octanol–water partition coefficient (Wildman–Crippen LogP) is 4.86. The fourth-order valence-corrected chi connectivity index (χ4v) is 8.20. The number of halogens is 3. The topological polar surface area (TPSA) is 113 Å². The van der Waals surface area contributed by atoms with Gasteiger partial charge in [0.1, 0.15) is 16.4 Å². The maximum atomic E-state index is 16.0. The molecule has 6 atom stereocenters. The summed E-state index contributed by atoms with van der Waals surface area (Å²) >= 11 is 12.6. The molecular weight excluding hydrogens is 582 g/mol. The molecule has 3 aliphatic heterocycles. The lowest BCUT2D eigenvalue weighted by Crippen LogP contribution is -2.61. The minimum absolute atomic E-state index is 0.0429. The molecule has 0 radical (unpaired) electrons. The Morgan fingerprint density at radius 3 is 2.62 bits per heavy atom. The monoisotopic (exact) mass is 618 g/mol. The lowest BCUT2D eigenvalue weighted by Gasteiger charge is -2.50. The molecule has 226 valence electrons. The molecular formula is C31H37Cl2FN4O4. The third-order valence-corrected chi connectivity index (χ3v) is 10.6. The van der Waals surface area contributed by atoms with Crippen LogP contribution in [0.4, 0.5) is 10.1 Å². The van der Waals surface area contributed by atoms with Crippen LogP contribution in [0.3, 0.4) is 0 Å². The number of carbonyl (C=O) groups is 2. The van der Waals surface area contributed by atoms with Crippen LogP contribution in [0.25, 0.3) is 0 Å². The van der Waals surface area contributed by atoms with Crippen LogP contribution in [0, 0.1) is 11.2 Å². The highest BCUT2D eigenvalue weighted by Crippen LogP contribution is 2.63. The molecule has 2 aromatic rings. The zero-order valence-corrected chi connectivity index (χ0v) is 25.5. The largest absolute Gasteiger partial charge is 0.391 e. The first-order valence-electron chi connectivity index (χ1n) is 14.7. The highest BCUT2D eigenvalue weighted by atomic mass is 35.5. The summed E-state index contributed by atoms with van der Waals surface area (Å²) in [4.78, 5) is 33.1. The first kappa shape index (κ1) is 29.8. The summed E-state index contributed by atoms with van der Waals surface area (Å²) in [6.45, 7) is 6.34. The molecule has 6 rings (SSSR count). The second kappa shape index (κ2) is 10.7. The average Bonchev–Trinajstić information content (AvgIpc) is 3.40. The van der Waals surface area contributed by atoms with E-state index < -0.39 is 34.8 Å². The smallest absolute Gasteiger partial charge is 0.238 e. The molecule has 1 aromatic heterocycles. The van der Waals surface area contributed by atoms with Crippen molar-refractivity contribution >= 4 is 40.7 Å². The standard InChI is InChI=1S/C31H37Cl2FN4O4/c1-16(39)22-8-7-17(15-42-22)36-27(40)26-24(18-5-4-6-20(32)25(18)34)31(30(38-26)11-9-29(2,3)10-12-30)19-14-35-23(33)13-21(19)37-28(31)41/h4-6,13-14,16-17,22,24,26,38-39H,7-12,15H2,1-3H3,(H,36,40)(H,37,41)/t16-,17?,22+,24+,26-,31?/m1/s1. The maximum Gasteiger partial charge on any atom is 0.238 e. The molecule has 42 heavy (non-hydrogen) atoms. The number of aliphatic hydroxyl groups is 1. The van der Waals surface area contributed by atoms with E-state index in [4.69, 9.17) is 27.9 Å². The first-order valence-corrected chi connectivity index (χ1v) is 15.4. The number of aliphatic hydroxyl groups excluding tert-OH is 1. The Kier molecular flexibility index (Phi) is 7.58. The minimum atomic E-state index is -1.36. The Labute approximate surface area is 255 Å². The van der Waals surface area contributed by atoms with Crippen LogP contribution in [0.5, 0.6) is 0 Å². The highest BCUT2D eigenvalue weighted by Gasteiger charge is 2.73. The molecule has 4 heterocycles. The maximum absolute atomic E-state index is 16.0. The number of benzene rings is 1.